The molecule has 0 saturated carbocycles. The summed E-state index contributed by atoms with van der Waals surface area (Å²) in [6, 6.07) is 63.2. The Balaban J connectivity index is 1.30. The van der Waals surface area contributed by atoms with Crippen molar-refractivity contribution in [2.45, 2.75) is 19.3 Å². The molecule has 1 heterocycles. The second kappa shape index (κ2) is 11.3. The fourth-order valence-electron chi connectivity index (χ4n) is 8.58. The average molecular weight is 654 g/mol. The third-order valence-corrected chi connectivity index (χ3v) is 10.8. The number of anilines is 3. The van der Waals surface area contributed by atoms with Crippen molar-refractivity contribution >= 4 is 49.8 Å². The Kier molecular flexibility index (Phi) is 6.56. The maximum atomic E-state index is 7.11. The zero-order valence-electron chi connectivity index (χ0n) is 28.6. The summed E-state index contributed by atoms with van der Waals surface area (Å²) in [5.41, 5.74) is 14.8. The van der Waals surface area contributed by atoms with Crippen LogP contribution >= 0.6 is 0 Å². The van der Waals surface area contributed by atoms with Gasteiger partial charge in [-0.2, -0.15) is 0 Å². The highest BCUT2D eigenvalue weighted by atomic mass is 16.3. The van der Waals surface area contributed by atoms with Gasteiger partial charge in [0, 0.05) is 38.7 Å². The summed E-state index contributed by atoms with van der Waals surface area (Å²) in [7, 11) is 0. The van der Waals surface area contributed by atoms with E-state index in [9.17, 15) is 0 Å². The first-order chi connectivity index (χ1) is 25.1. The number of benzene rings is 8. The molecular formula is C49H35NO. The van der Waals surface area contributed by atoms with E-state index in [1.165, 1.54) is 60.7 Å². The van der Waals surface area contributed by atoms with Crippen molar-refractivity contribution in [1.29, 1.82) is 0 Å². The van der Waals surface area contributed by atoms with Gasteiger partial charge in [0.25, 0.3) is 0 Å². The molecule has 0 saturated heterocycles. The summed E-state index contributed by atoms with van der Waals surface area (Å²) in [4.78, 5) is 2.41. The minimum Gasteiger partial charge on any atom is -0.455 e. The van der Waals surface area contributed by atoms with E-state index < -0.39 is 0 Å². The first-order valence-corrected chi connectivity index (χ1v) is 17.7. The van der Waals surface area contributed by atoms with Crippen LogP contribution in [0.3, 0.4) is 0 Å². The van der Waals surface area contributed by atoms with Gasteiger partial charge < -0.3 is 9.32 Å². The summed E-state index contributed by atoms with van der Waals surface area (Å²) in [5, 5.41) is 4.84. The zero-order valence-corrected chi connectivity index (χ0v) is 28.6. The largest absolute Gasteiger partial charge is 0.455 e. The maximum Gasteiger partial charge on any atom is 0.144 e. The predicted molar refractivity (Wildman–Crippen MR) is 214 cm³/mol. The molecule has 1 aliphatic carbocycles. The number of hydrogen-bond donors (Lipinski definition) is 0. The molecule has 1 aliphatic rings. The van der Waals surface area contributed by atoms with Crippen molar-refractivity contribution in [3.8, 4) is 33.4 Å². The first kappa shape index (κ1) is 29.5. The summed E-state index contributed by atoms with van der Waals surface area (Å²) >= 11 is 0. The molecule has 51 heavy (non-hydrogen) atoms. The predicted octanol–water partition coefficient (Wildman–Crippen LogP) is 13.8. The van der Waals surface area contributed by atoms with Crippen LogP contribution in [-0.2, 0) is 5.41 Å². The van der Waals surface area contributed by atoms with Gasteiger partial charge in [-0.3, -0.25) is 0 Å². The lowest BCUT2D eigenvalue weighted by molar-refractivity contribution is 0.658. The van der Waals surface area contributed by atoms with Crippen molar-refractivity contribution in [3.05, 3.63) is 187 Å². The minimum absolute atomic E-state index is 0.269. The van der Waals surface area contributed by atoms with E-state index in [4.69, 9.17) is 4.42 Å². The van der Waals surface area contributed by atoms with Crippen LogP contribution < -0.4 is 4.90 Å². The molecule has 0 fully saturated rings. The topological polar surface area (TPSA) is 16.4 Å². The maximum absolute atomic E-state index is 7.11. The highest BCUT2D eigenvalue weighted by Gasteiger charge is 2.42. The van der Waals surface area contributed by atoms with Crippen LogP contribution in [-0.4, -0.2) is 0 Å². The van der Waals surface area contributed by atoms with E-state index in [0.717, 1.165) is 33.6 Å². The quantitative estimate of drug-likeness (QED) is 0.184. The van der Waals surface area contributed by atoms with Gasteiger partial charge >= 0.3 is 0 Å². The van der Waals surface area contributed by atoms with Crippen LogP contribution in [0.15, 0.2) is 180 Å². The lowest BCUT2D eigenvalue weighted by Crippen LogP contribution is -2.16. The van der Waals surface area contributed by atoms with Crippen molar-refractivity contribution in [2.24, 2.45) is 0 Å². The van der Waals surface area contributed by atoms with Gasteiger partial charge in [-0.25, -0.2) is 0 Å². The van der Waals surface area contributed by atoms with Gasteiger partial charge in [-0.15, -0.1) is 0 Å². The number of nitrogens with zero attached hydrogens (tertiary/aromatic N) is 1. The third-order valence-electron chi connectivity index (χ3n) is 10.8. The Morgan fingerprint density at radius 1 is 0.451 bits per heavy atom. The molecule has 2 heteroatoms. The summed E-state index contributed by atoms with van der Waals surface area (Å²) < 4.78 is 7.11. The Morgan fingerprint density at radius 3 is 1.76 bits per heavy atom. The molecule has 0 aliphatic heterocycles. The average Bonchev–Trinajstić information content (AvgIpc) is 3.70. The number of fused-ring (bicyclic) bond motifs is 10. The zero-order chi connectivity index (χ0) is 34.1. The van der Waals surface area contributed by atoms with Crippen LogP contribution in [0.5, 0.6) is 0 Å². The normalized spacial score (nSPS) is 13.1. The second-order valence-electron chi connectivity index (χ2n) is 14.1. The number of rotatable bonds is 5. The summed E-state index contributed by atoms with van der Waals surface area (Å²) in [5.74, 6) is 0. The lowest BCUT2D eigenvalue weighted by Gasteiger charge is -2.29. The first-order valence-electron chi connectivity index (χ1n) is 17.7. The Hall–Kier alpha value is -6.38. The Morgan fingerprint density at radius 2 is 1.04 bits per heavy atom. The van der Waals surface area contributed by atoms with Crippen molar-refractivity contribution in [2.75, 3.05) is 4.90 Å². The highest BCUT2D eigenvalue weighted by molar-refractivity contribution is 6.28. The second-order valence-corrected chi connectivity index (χ2v) is 14.1. The summed E-state index contributed by atoms with van der Waals surface area (Å²) in [6.45, 7) is 4.75. The van der Waals surface area contributed by atoms with E-state index in [0.29, 0.717) is 0 Å². The fourth-order valence-corrected chi connectivity index (χ4v) is 8.58. The van der Waals surface area contributed by atoms with E-state index in [1.807, 2.05) is 0 Å². The van der Waals surface area contributed by atoms with Gasteiger partial charge in [-0.05, 0) is 80.6 Å². The lowest BCUT2D eigenvalue weighted by atomic mass is 9.79. The molecule has 10 rings (SSSR count). The standard InChI is InChI=1S/C49H35NO/c1-49(2)40-25-15-26-41(50(35-20-10-5-11-21-35)36-30-28-33(29-31-36)32-16-6-3-7-17-32)45(40)46-47(49)39-23-13-12-22-38(39)44-43-37(34-18-8-4-9-19-34)24-14-27-42(43)51-48(44)46/h3-31H,1-2H3. The van der Waals surface area contributed by atoms with Crippen molar-refractivity contribution < 1.29 is 4.42 Å². The molecule has 8 aromatic carbocycles. The van der Waals surface area contributed by atoms with Crippen LogP contribution in [0.2, 0.25) is 0 Å². The summed E-state index contributed by atoms with van der Waals surface area (Å²) in [6.07, 6.45) is 0. The van der Waals surface area contributed by atoms with Crippen LogP contribution in [0.25, 0.3) is 66.1 Å². The van der Waals surface area contributed by atoms with Gasteiger partial charge in [0.15, 0.2) is 0 Å². The molecule has 0 spiro atoms. The molecule has 9 aromatic rings. The number of para-hydroxylation sites is 1. The molecule has 0 N–H and O–H groups in total. The smallest absolute Gasteiger partial charge is 0.144 e. The van der Waals surface area contributed by atoms with Gasteiger partial charge in [-0.1, -0.05) is 153 Å². The Bertz CT molecular complexity index is 2740. The van der Waals surface area contributed by atoms with E-state index in [2.05, 4.69) is 195 Å². The molecular weight excluding hydrogens is 619 g/mol. The number of hydrogen-bond acceptors (Lipinski definition) is 2. The molecule has 0 bridgehead atoms. The van der Waals surface area contributed by atoms with E-state index in [-0.39, 0.29) is 5.41 Å². The highest BCUT2D eigenvalue weighted by Crippen LogP contribution is 2.59. The van der Waals surface area contributed by atoms with Crippen molar-refractivity contribution in [3.63, 3.8) is 0 Å². The van der Waals surface area contributed by atoms with E-state index in [1.54, 1.807) is 0 Å². The molecule has 1 aromatic heterocycles. The SMILES string of the molecule is CC1(C)c2cccc(N(c3ccccc3)c3ccc(-c4ccccc4)cc3)c2-c2c1c1ccccc1c1c2oc2cccc(-c3ccccc3)c21. The van der Waals surface area contributed by atoms with Gasteiger partial charge in [0.2, 0.25) is 0 Å². The van der Waals surface area contributed by atoms with Crippen LogP contribution in [0.4, 0.5) is 17.1 Å². The molecule has 0 atom stereocenters. The molecule has 242 valence electrons. The Labute approximate surface area is 297 Å². The van der Waals surface area contributed by atoms with Crippen molar-refractivity contribution in [1.82, 2.24) is 0 Å². The number of furan rings is 1. The van der Waals surface area contributed by atoms with Gasteiger partial charge in [0.1, 0.15) is 11.2 Å². The fraction of sp³-hybridized carbons (Fsp3) is 0.0612. The van der Waals surface area contributed by atoms with Gasteiger partial charge in [0.05, 0.1) is 5.69 Å². The molecule has 2 nitrogen and oxygen atoms in total. The third kappa shape index (κ3) is 4.43. The van der Waals surface area contributed by atoms with E-state index >= 15 is 0 Å². The monoisotopic (exact) mass is 653 g/mol. The van der Waals surface area contributed by atoms with Crippen LogP contribution in [0.1, 0.15) is 25.0 Å². The van der Waals surface area contributed by atoms with Crippen LogP contribution in [0, 0.1) is 0 Å². The molecule has 0 amide bonds. The minimum atomic E-state index is -0.269. The molecule has 0 radical (unpaired) electrons. The molecule has 0 unspecified atom stereocenters.